The average Bonchev–Trinajstić information content (AvgIpc) is 1.99. The van der Waals surface area contributed by atoms with E-state index in [1.165, 1.54) is 0 Å². The molecule has 0 aliphatic rings. The van der Waals surface area contributed by atoms with E-state index in [1.807, 2.05) is 0 Å². The van der Waals surface area contributed by atoms with Crippen LogP contribution in [0.25, 0.3) is 0 Å². The number of hydrogen-bond donors (Lipinski definition) is 2. The molecule has 0 saturated heterocycles. The Bertz CT molecular complexity index is 121. The summed E-state index contributed by atoms with van der Waals surface area (Å²) in [6.07, 6.45) is 0. The monoisotopic (exact) mass is 304 g/mol. The van der Waals surface area contributed by atoms with Crippen molar-refractivity contribution in [3.63, 3.8) is 0 Å². The molecule has 0 spiro atoms. The van der Waals surface area contributed by atoms with Crippen LogP contribution in [0.3, 0.4) is 0 Å². The fourth-order valence-electron chi connectivity index (χ4n) is 0.306. The second-order valence-electron chi connectivity index (χ2n) is 2.08. The highest BCUT2D eigenvalue weighted by Crippen LogP contribution is 1.63. The van der Waals surface area contributed by atoms with E-state index in [2.05, 4.69) is 11.5 Å². The molecular weight excluding hydrogens is 291 g/mol. The standard InChI is InChI=1S/C4H12N2O.2ClHO4/c5-1-3-7-4-2-6;2*2-1(3,4)5/h1-6H2;2*(H,2,3,4,5). The van der Waals surface area contributed by atoms with E-state index in [0.29, 0.717) is 0 Å². The molecule has 6 N–H and O–H groups in total. The van der Waals surface area contributed by atoms with Gasteiger partial charge in [0, 0.05) is 0 Å². The smallest absolute Gasteiger partial charge is 0.0977 e. The largest absolute Gasteiger partial charge is 0.370 e. The Morgan fingerprint density at radius 2 is 0.824 bits per heavy atom. The Balaban J connectivity index is -0.000000177. The summed E-state index contributed by atoms with van der Waals surface area (Å²) in [5, 5.41) is 0. The molecule has 0 aliphatic carbocycles. The molecule has 0 fully saturated rings. The highest BCUT2D eigenvalue weighted by molar-refractivity contribution is 4.21. The van der Waals surface area contributed by atoms with Gasteiger partial charge in [-0.15, -0.1) is 20.5 Å². The quantitative estimate of drug-likeness (QED) is 0.466. The Kier molecular flexibility index (Phi) is 16.5. The summed E-state index contributed by atoms with van der Waals surface area (Å²) in [4.78, 5) is 0. The van der Waals surface area contributed by atoms with E-state index in [4.69, 9.17) is 42.0 Å². The van der Waals surface area contributed by atoms with Crippen molar-refractivity contribution < 1.29 is 74.0 Å². The van der Waals surface area contributed by atoms with Crippen LogP contribution in [0, 0.1) is 20.5 Å². The van der Waals surface area contributed by atoms with Crippen molar-refractivity contribution in [1.29, 1.82) is 0 Å². The lowest BCUT2D eigenvalue weighted by Crippen LogP contribution is -2.68. The number of ether oxygens (including phenoxy) is 1. The highest BCUT2D eigenvalue weighted by Gasteiger charge is 1.84. The van der Waals surface area contributed by atoms with Crippen molar-refractivity contribution >= 4 is 0 Å². The predicted octanol–water partition coefficient (Wildman–Crippen LogP) is -12.0. The van der Waals surface area contributed by atoms with Crippen LogP contribution in [0.4, 0.5) is 0 Å². The molecule has 0 bridgehead atoms. The molecule has 0 radical (unpaired) electrons. The maximum atomic E-state index is 8.49. The van der Waals surface area contributed by atoms with Gasteiger partial charge in [-0.05, 0) is 0 Å². The predicted molar refractivity (Wildman–Crippen MR) is 26.3 cm³/mol. The van der Waals surface area contributed by atoms with Gasteiger partial charge in [-0.1, -0.05) is 0 Å². The van der Waals surface area contributed by atoms with Crippen LogP contribution in [0.1, 0.15) is 0 Å². The summed E-state index contributed by atoms with van der Waals surface area (Å²) in [5.41, 5.74) is 7.22. The summed E-state index contributed by atoms with van der Waals surface area (Å²) in [5.74, 6) is 0. The van der Waals surface area contributed by atoms with Crippen LogP contribution in [0.5, 0.6) is 0 Å². The van der Waals surface area contributed by atoms with Crippen LogP contribution in [-0.4, -0.2) is 26.3 Å². The van der Waals surface area contributed by atoms with Crippen LogP contribution in [0.15, 0.2) is 0 Å². The van der Waals surface area contributed by atoms with Crippen molar-refractivity contribution in [2.24, 2.45) is 0 Å². The summed E-state index contributed by atoms with van der Waals surface area (Å²) < 4.78 is 73.0. The first-order valence-electron chi connectivity index (χ1n) is 3.81. The fraction of sp³-hybridized carbons (Fsp3) is 1.00. The summed E-state index contributed by atoms with van der Waals surface area (Å²) in [6.45, 7) is 3.27. The molecule has 11 nitrogen and oxygen atoms in total. The Morgan fingerprint density at radius 3 is 0.941 bits per heavy atom. The lowest BCUT2D eigenvalue weighted by atomic mass is 10.7. The third kappa shape index (κ3) is 188. The molecule has 0 aromatic carbocycles. The van der Waals surface area contributed by atoms with Gasteiger partial charge in [0.15, 0.2) is 0 Å². The molecule has 0 atom stereocenters. The molecule has 0 unspecified atom stereocenters. The first kappa shape index (κ1) is 22.3. The van der Waals surface area contributed by atoms with E-state index in [9.17, 15) is 0 Å². The second kappa shape index (κ2) is 12.6. The van der Waals surface area contributed by atoms with Gasteiger partial charge in [0.25, 0.3) is 0 Å². The van der Waals surface area contributed by atoms with Crippen LogP contribution in [0.2, 0.25) is 0 Å². The lowest BCUT2D eigenvalue weighted by Gasteiger charge is -2.17. The summed E-state index contributed by atoms with van der Waals surface area (Å²) >= 11 is 0. The van der Waals surface area contributed by atoms with Gasteiger partial charge in [0.1, 0.15) is 0 Å². The van der Waals surface area contributed by atoms with Gasteiger partial charge in [-0.2, -0.15) is 0 Å². The molecule has 0 amide bonds. The Hall–Kier alpha value is 0.140. The number of halogens is 2. The normalized spacial score (nSPS) is 10.9. The first-order valence-corrected chi connectivity index (χ1v) is 6.28. The van der Waals surface area contributed by atoms with Crippen molar-refractivity contribution in [2.45, 2.75) is 0 Å². The van der Waals surface area contributed by atoms with Crippen molar-refractivity contribution in [1.82, 2.24) is 0 Å². The minimum Gasteiger partial charge on any atom is -0.370 e. The molecule has 0 heterocycles. The average molecular weight is 305 g/mol. The van der Waals surface area contributed by atoms with Gasteiger partial charge >= 0.3 is 0 Å². The highest BCUT2D eigenvalue weighted by atomic mass is 35.7. The Labute approximate surface area is 101 Å². The number of hydrogen-bond acceptors (Lipinski definition) is 9. The van der Waals surface area contributed by atoms with Crippen LogP contribution in [-0.2, 0) is 4.74 Å². The molecule has 0 saturated carbocycles. The maximum absolute atomic E-state index is 8.49. The van der Waals surface area contributed by atoms with E-state index >= 15 is 0 Å². The zero-order valence-corrected chi connectivity index (χ0v) is 10.2. The minimum absolute atomic E-state index is 0.773. The van der Waals surface area contributed by atoms with Crippen LogP contribution < -0.4 is 48.7 Å². The lowest BCUT2D eigenvalue weighted by molar-refractivity contribution is -2.00. The maximum Gasteiger partial charge on any atom is 0.0977 e. The van der Waals surface area contributed by atoms with E-state index < -0.39 is 20.5 Å². The van der Waals surface area contributed by atoms with Gasteiger partial charge in [-0.3, -0.25) is 0 Å². The van der Waals surface area contributed by atoms with E-state index in [-0.39, 0.29) is 0 Å². The molecule has 0 aromatic rings. The van der Waals surface area contributed by atoms with Gasteiger partial charge in [0.05, 0.1) is 26.3 Å². The van der Waals surface area contributed by atoms with Gasteiger partial charge in [0.2, 0.25) is 0 Å². The zero-order chi connectivity index (χ0) is 14.5. The summed E-state index contributed by atoms with van der Waals surface area (Å²) in [7, 11) is -9.89. The molecule has 108 valence electrons. The van der Waals surface area contributed by atoms with E-state index in [1.54, 1.807) is 0 Å². The van der Waals surface area contributed by atoms with E-state index in [0.717, 1.165) is 26.3 Å². The number of quaternary nitrogens is 2. The van der Waals surface area contributed by atoms with Gasteiger partial charge in [-0.25, -0.2) is 37.3 Å². The topological polar surface area (TPSA) is 249 Å². The van der Waals surface area contributed by atoms with Crippen LogP contribution >= 0.6 is 0 Å². The van der Waals surface area contributed by atoms with Crippen molar-refractivity contribution in [3.05, 3.63) is 0 Å². The molecule has 13 heteroatoms. The molecule has 0 aliphatic heterocycles. The molecule has 0 rings (SSSR count). The zero-order valence-electron chi connectivity index (χ0n) is 8.67. The third-order valence-electron chi connectivity index (χ3n) is 0.577. The SMILES string of the molecule is [NH3+]CCOCC[NH3+].[O-][Cl+3]([O-])([O-])[O-].[O-][Cl+3]([O-])([O-])[O-]. The molecular formula is C4H14Cl2N2O9. The number of rotatable bonds is 4. The minimum atomic E-state index is -4.94. The van der Waals surface area contributed by atoms with Gasteiger partial charge < -0.3 is 16.2 Å². The fourth-order valence-corrected chi connectivity index (χ4v) is 0.306. The Morgan fingerprint density at radius 1 is 0.647 bits per heavy atom. The molecule has 0 aromatic heterocycles. The molecule has 17 heavy (non-hydrogen) atoms. The first-order chi connectivity index (χ1) is 7.41. The summed E-state index contributed by atoms with van der Waals surface area (Å²) in [6, 6.07) is 0. The van der Waals surface area contributed by atoms with Crippen molar-refractivity contribution in [3.8, 4) is 0 Å². The third-order valence-corrected chi connectivity index (χ3v) is 0.577. The second-order valence-corrected chi connectivity index (χ2v) is 3.59. The van der Waals surface area contributed by atoms with Crippen molar-refractivity contribution in [2.75, 3.05) is 26.3 Å².